The van der Waals surface area contributed by atoms with Crippen LogP contribution >= 0.6 is 0 Å². The maximum atomic E-state index is 14.4. The summed E-state index contributed by atoms with van der Waals surface area (Å²) in [6.07, 6.45) is 1.86. The largest absolute Gasteiger partial charge is 0.453 e. The van der Waals surface area contributed by atoms with Gasteiger partial charge < -0.3 is 35.6 Å². The first-order valence-corrected chi connectivity index (χ1v) is 18.9. The lowest BCUT2D eigenvalue weighted by Crippen LogP contribution is -2.55. The van der Waals surface area contributed by atoms with Gasteiger partial charge >= 0.3 is 12.1 Å². The van der Waals surface area contributed by atoms with Crippen LogP contribution in [0.1, 0.15) is 69.3 Å². The van der Waals surface area contributed by atoms with Crippen LogP contribution in [0.15, 0.2) is 79.0 Å². The van der Waals surface area contributed by atoms with Crippen LogP contribution in [0.5, 0.6) is 0 Å². The van der Waals surface area contributed by atoms with Crippen molar-refractivity contribution in [3.05, 3.63) is 101 Å². The first-order valence-electron chi connectivity index (χ1n) is 18.9. The Labute approximate surface area is 320 Å². The Morgan fingerprint density at radius 1 is 0.944 bits per heavy atom. The molecule has 0 spiro atoms. The molecule has 5 amide bonds. The predicted octanol–water partition coefficient (Wildman–Crippen LogP) is 5.02. The number of aryl methyl sites for hydroxylation is 1. The zero-order valence-electron chi connectivity index (χ0n) is 32.6. The van der Waals surface area contributed by atoms with Crippen molar-refractivity contribution in [2.45, 2.75) is 97.5 Å². The Balaban J connectivity index is 1.54. The van der Waals surface area contributed by atoms with E-state index in [9.17, 15) is 24.3 Å². The van der Waals surface area contributed by atoms with Gasteiger partial charge in [0.05, 0.1) is 19.3 Å². The van der Waals surface area contributed by atoms with Gasteiger partial charge in [0.15, 0.2) is 0 Å². The Hall–Kier alpha value is -4.97. The molecule has 292 valence electrons. The minimum atomic E-state index is -1.03. The lowest BCUT2D eigenvalue weighted by molar-refractivity contribution is -0.128. The molecule has 5 unspecified atom stereocenters. The number of amides is 5. The number of alkyl carbamates (subject to hydrolysis) is 1. The average Bonchev–Trinajstić information content (AvgIpc) is 3.50. The quantitative estimate of drug-likeness (QED) is 0.135. The zero-order chi connectivity index (χ0) is 39.3. The standard InChI is InChI=1S/C42H58N6O6/c1-7-29(2)38(48-22-21-47(41(48)53)27-33-19-14-20-43-30(33)3)39(51)45-34(23-31-15-10-8-11-16-31)25-36(49)35(24-32-17-12-9-13-18-32)46-37(50)26-42(4,5)28-44-40(52)54-6/h8-20,29,34-36,38,49H,7,21-28H2,1-6H3,(H,44,52)(H,45,51)(H,46,50). The minimum Gasteiger partial charge on any atom is -0.453 e. The number of aliphatic hydroxyl groups is 1. The molecule has 5 atom stereocenters. The molecule has 1 aliphatic rings. The predicted molar refractivity (Wildman–Crippen MR) is 208 cm³/mol. The summed E-state index contributed by atoms with van der Waals surface area (Å²) >= 11 is 0. The molecule has 0 radical (unpaired) electrons. The number of urea groups is 1. The van der Waals surface area contributed by atoms with Crippen molar-refractivity contribution in [1.82, 2.24) is 30.7 Å². The van der Waals surface area contributed by atoms with Crippen LogP contribution in [0.25, 0.3) is 0 Å². The van der Waals surface area contributed by atoms with Crippen molar-refractivity contribution >= 4 is 23.9 Å². The molecule has 3 aromatic rings. The highest BCUT2D eigenvalue weighted by molar-refractivity contribution is 5.88. The van der Waals surface area contributed by atoms with E-state index in [-0.39, 0.29) is 43.1 Å². The summed E-state index contributed by atoms with van der Waals surface area (Å²) in [4.78, 5) is 61.2. The summed E-state index contributed by atoms with van der Waals surface area (Å²) in [5, 5.41) is 20.9. The maximum Gasteiger partial charge on any atom is 0.406 e. The molecule has 2 heterocycles. The molecule has 1 aromatic heterocycles. The van der Waals surface area contributed by atoms with Crippen LogP contribution in [0, 0.1) is 18.3 Å². The second-order valence-corrected chi connectivity index (χ2v) is 15.2. The van der Waals surface area contributed by atoms with Gasteiger partial charge in [0, 0.05) is 50.5 Å². The second-order valence-electron chi connectivity index (χ2n) is 15.2. The molecule has 4 N–H and O–H groups in total. The summed E-state index contributed by atoms with van der Waals surface area (Å²) in [6, 6.07) is 21.1. The molecule has 4 rings (SSSR count). The minimum absolute atomic E-state index is 0.0943. The topological polar surface area (TPSA) is 153 Å². The van der Waals surface area contributed by atoms with Gasteiger partial charge in [-0.1, -0.05) is 101 Å². The van der Waals surface area contributed by atoms with Crippen LogP contribution < -0.4 is 16.0 Å². The number of carbonyl (C=O) groups excluding carboxylic acids is 4. The first-order chi connectivity index (χ1) is 25.8. The lowest BCUT2D eigenvalue weighted by atomic mass is 9.88. The van der Waals surface area contributed by atoms with E-state index in [2.05, 4.69) is 25.7 Å². The zero-order valence-corrected chi connectivity index (χ0v) is 32.6. The number of aliphatic hydroxyl groups excluding tert-OH is 1. The number of pyridine rings is 1. The van der Waals surface area contributed by atoms with E-state index in [4.69, 9.17) is 0 Å². The number of hydrogen-bond donors (Lipinski definition) is 4. The highest BCUT2D eigenvalue weighted by Crippen LogP contribution is 2.24. The van der Waals surface area contributed by atoms with Crippen molar-refractivity contribution in [2.24, 2.45) is 11.3 Å². The first kappa shape index (κ1) is 41.8. The number of aromatic nitrogens is 1. The molecule has 2 aromatic carbocycles. The molecule has 0 bridgehead atoms. The van der Waals surface area contributed by atoms with Gasteiger partial charge in [-0.15, -0.1) is 0 Å². The SMILES string of the molecule is CCC(C)C(C(=O)NC(Cc1ccccc1)CC(O)C(Cc1ccccc1)NC(=O)CC(C)(C)CNC(=O)OC)N1CCN(Cc2cccnc2C)C1=O. The Morgan fingerprint density at radius 2 is 1.59 bits per heavy atom. The van der Waals surface area contributed by atoms with Gasteiger partial charge in [0.25, 0.3) is 0 Å². The smallest absolute Gasteiger partial charge is 0.406 e. The monoisotopic (exact) mass is 742 g/mol. The van der Waals surface area contributed by atoms with Crippen molar-refractivity contribution < 1.29 is 29.0 Å². The summed E-state index contributed by atoms with van der Waals surface area (Å²) in [7, 11) is 1.29. The van der Waals surface area contributed by atoms with Crippen molar-refractivity contribution in [3.8, 4) is 0 Å². The van der Waals surface area contributed by atoms with Crippen LogP contribution in [0.2, 0.25) is 0 Å². The summed E-state index contributed by atoms with van der Waals surface area (Å²) in [5.41, 5.74) is 3.16. The normalized spacial score (nSPS) is 15.9. The fraction of sp³-hybridized carbons (Fsp3) is 0.500. The summed E-state index contributed by atoms with van der Waals surface area (Å²) in [6.45, 7) is 11.2. The molecule has 12 nitrogen and oxygen atoms in total. The molecule has 0 aliphatic carbocycles. The van der Waals surface area contributed by atoms with Gasteiger partial charge in [0.1, 0.15) is 6.04 Å². The van der Waals surface area contributed by atoms with Crippen LogP contribution in [-0.2, 0) is 33.7 Å². The third-order valence-electron chi connectivity index (χ3n) is 10.2. The van der Waals surface area contributed by atoms with Gasteiger partial charge in [-0.05, 0) is 60.3 Å². The second kappa shape index (κ2) is 19.9. The maximum absolute atomic E-state index is 14.4. The van der Waals surface area contributed by atoms with Gasteiger partial charge in [-0.25, -0.2) is 9.59 Å². The summed E-state index contributed by atoms with van der Waals surface area (Å²) < 4.78 is 4.68. The van der Waals surface area contributed by atoms with Gasteiger partial charge in [0.2, 0.25) is 11.8 Å². The van der Waals surface area contributed by atoms with E-state index < -0.39 is 35.7 Å². The molecular weight excluding hydrogens is 684 g/mol. The van der Waals surface area contributed by atoms with Crippen molar-refractivity contribution in [2.75, 3.05) is 26.7 Å². The average molecular weight is 743 g/mol. The van der Waals surface area contributed by atoms with E-state index in [1.807, 2.05) is 107 Å². The number of ether oxygens (including phenoxy) is 1. The number of methoxy groups -OCH3 is 1. The van der Waals surface area contributed by atoms with E-state index in [1.165, 1.54) is 7.11 Å². The Bertz CT molecular complexity index is 1670. The summed E-state index contributed by atoms with van der Waals surface area (Å²) in [5.74, 6) is -0.669. The van der Waals surface area contributed by atoms with E-state index in [0.717, 1.165) is 22.4 Å². The fourth-order valence-electron chi connectivity index (χ4n) is 6.95. The molecule has 54 heavy (non-hydrogen) atoms. The van der Waals surface area contributed by atoms with Gasteiger partial charge in [-0.3, -0.25) is 14.6 Å². The molecule has 0 saturated carbocycles. The fourth-order valence-corrected chi connectivity index (χ4v) is 6.95. The van der Waals surface area contributed by atoms with E-state index >= 15 is 0 Å². The number of nitrogens with zero attached hydrogens (tertiary/aromatic N) is 3. The van der Waals surface area contributed by atoms with Crippen LogP contribution in [0.3, 0.4) is 0 Å². The van der Waals surface area contributed by atoms with Gasteiger partial charge in [-0.2, -0.15) is 0 Å². The Morgan fingerprint density at radius 3 is 2.20 bits per heavy atom. The van der Waals surface area contributed by atoms with E-state index in [1.54, 1.807) is 16.0 Å². The van der Waals surface area contributed by atoms with E-state index in [0.29, 0.717) is 38.9 Å². The van der Waals surface area contributed by atoms with Crippen molar-refractivity contribution in [1.29, 1.82) is 0 Å². The highest BCUT2D eigenvalue weighted by Gasteiger charge is 2.40. The molecule has 1 fully saturated rings. The molecule has 1 aliphatic heterocycles. The lowest BCUT2D eigenvalue weighted by Gasteiger charge is -2.34. The molecular formula is C42H58N6O6. The third-order valence-corrected chi connectivity index (χ3v) is 10.2. The van der Waals surface area contributed by atoms with Crippen LogP contribution in [0.4, 0.5) is 9.59 Å². The highest BCUT2D eigenvalue weighted by atomic mass is 16.5. The molecule has 12 heteroatoms. The van der Waals surface area contributed by atoms with Crippen molar-refractivity contribution in [3.63, 3.8) is 0 Å². The third kappa shape index (κ3) is 12.3. The van der Waals surface area contributed by atoms with Crippen LogP contribution in [-0.4, -0.2) is 94.8 Å². The number of nitrogens with one attached hydrogen (secondary N) is 3. The number of benzene rings is 2. The molecule has 1 saturated heterocycles. The number of rotatable bonds is 19. The number of carbonyl (C=O) groups is 4. The Kier molecular flexibility index (Phi) is 15.4. The number of hydrogen-bond acceptors (Lipinski definition) is 7.